The molecule has 0 spiro atoms. The standard InChI is InChI=1S/C11H19NO4/c1-11(2,3)16-10(15)12-6-8-4-7(8)5-9(13)14/h7-8H,4-6H2,1-3H3,(H,12,15)(H,13,14)/t7-,8+/m1/s1. The fourth-order valence-electron chi connectivity index (χ4n) is 1.56. The van der Waals surface area contributed by atoms with E-state index in [0.29, 0.717) is 12.5 Å². The average Bonchev–Trinajstić information content (AvgIpc) is 2.75. The first-order valence-corrected chi connectivity index (χ1v) is 5.46. The smallest absolute Gasteiger partial charge is 0.407 e. The Hall–Kier alpha value is -1.26. The summed E-state index contributed by atoms with van der Waals surface area (Å²) in [7, 11) is 0. The van der Waals surface area contributed by atoms with Crippen molar-refractivity contribution in [2.45, 2.75) is 39.2 Å². The summed E-state index contributed by atoms with van der Waals surface area (Å²) in [6.45, 7) is 5.91. The van der Waals surface area contributed by atoms with Gasteiger partial charge in [-0.3, -0.25) is 4.79 Å². The lowest BCUT2D eigenvalue weighted by atomic mass is 10.2. The van der Waals surface area contributed by atoms with E-state index in [1.165, 1.54) is 0 Å². The Kier molecular flexibility index (Phi) is 3.78. The molecule has 1 aliphatic rings. The van der Waals surface area contributed by atoms with Crippen LogP contribution >= 0.6 is 0 Å². The zero-order valence-corrected chi connectivity index (χ0v) is 9.95. The molecule has 5 nitrogen and oxygen atoms in total. The van der Waals surface area contributed by atoms with Crippen LogP contribution in [0.3, 0.4) is 0 Å². The number of nitrogens with one attached hydrogen (secondary N) is 1. The zero-order chi connectivity index (χ0) is 12.3. The number of ether oxygens (including phenoxy) is 1. The van der Waals surface area contributed by atoms with Crippen molar-refractivity contribution >= 4 is 12.1 Å². The summed E-state index contributed by atoms with van der Waals surface area (Å²) >= 11 is 0. The molecular weight excluding hydrogens is 210 g/mol. The first-order chi connectivity index (χ1) is 7.28. The number of carboxylic acids is 1. The van der Waals surface area contributed by atoms with Gasteiger partial charge in [-0.15, -0.1) is 0 Å². The molecule has 0 aromatic rings. The molecule has 2 N–H and O–H groups in total. The van der Waals surface area contributed by atoms with E-state index in [-0.39, 0.29) is 12.3 Å². The second-order valence-electron chi connectivity index (χ2n) is 5.24. The molecule has 1 saturated carbocycles. The van der Waals surface area contributed by atoms with E-state index in [9.17, 15) is 9.59 Å². The van der Waals surface area contributed by atoms with Crippen LogP contribution in [0.5, 0.6) is 0 Å². The van der Waals surface area contributed by atoms with Gasteiger partial charge in [-0.25, -0.2) is 4.79 Å². The molecule has 0 aliphatic heterocycles. The molecule has 0 unspecified atom stereocenters. The van der Waals surface area contributed by atoms with Gasteiger partial charge >= 0.3 is 12.1 Å². The van der Waals surface area contributed by atoms with Gasteiger partial charge in [0.15, 0.2) is 0 Å². The van der Waals surface area contributed by atoms with Gasteiger partial charge in [0.1, 0.15) is 5.60 Å². The third-order valence-electron chi connectivity index (χ3n) is 2.41. The highest BCUT2D eigenvalue weighted by atomic mass is 16.6. The van der Waals surface area contributed by atoms with Gasteiger partial charge in [-0.05, 0) is 39.0 Å². The quantitative estimate of drug-likeness (QED) is 0.768. The van der Waals surface area contributed by atoms with E-state index < -0.39 is 17.7 Å². The minimum atomic E-state index is -0.773. The predicted octanol–water partition coefficient (Wildman–Crippen LogP) is 1.62. The summed E-state index contributed by atoms with van der Waals surface area (Å²) < 4.78 is 5.07. The molecule has 16 heavy (non-hydrogen) atoms. The van der Waals surface area contributed by atoms with Crippen molar-refractivity contribution in [2.24, 2.45) is 11.8 Å². The van der Waals surface area contributed by atoms with Crippen molar-refractivity contribution in [1.29, 1.82) is 0 Å². The Labute approximate surface area is 95.2 Å². The number of amides is 1. The van der Waals surface area contributed by atoms with Gasteiger partial charge < -0.3 is 15.2 Å². The number of aliphatic carboxylic acids is 1. The van der Waals surface area contributed by atoms with Crippen LogP contribution in [0.25, 0.3) is 0 Å². The Morgan fingerprint density at radius 1 is 1.38 bits per heavy atom. The Balaban J connectivity index is 2.13. The number of rotatable bonds is 4. The fourth-order valence-corrected chi connectivity index (χ4v) is 1.56. The normalized spacial score (nSPS) is 23.7. The van der Waals surface area contributed by atoms with E-state index in [4.69, 9.17) is 9.84 Å². The van der Waals surface area contributed by atoms with Crippen LogP contribution in [0.15, 0.2) is 0 Å². The lowest BCUT2D eigenvalue weighted by Gasteiger charge is -2.19. The van der Waals surface area contributed by atoms with Crippen LogP contribution in [-0.4, -0.2) is 29.3 Å². The average molecular weight is 229 g/mol. The van der Waals surface area contributed by atoms with Crippen molar-refractivity contribution in [1.82, 2.24) is 5.32 Å². The number of hydrogen-bond acceptors (Lipinski definition) is 3. The van der Waals surface area contributed by atoms with Gasteiger partial charge in [0.25, 0.3) is 0 Å². The van der Waals surface area contributed by atoms with Crippen LogP contribution in [-0.2, 0) is 9.53 Å². The minimum Gasteiger partial charge on any atom is -0.481 e. The van der Waals surface area contributed by atoms with E-state index in [0.717, 1.165) is 6.42 Å². The van der Waals surface area contributed by atoms with E-state index in [1.54, 1.807) is 20.8 Å². The highest BCUT2D eigenvalue weighted by Crippen LogP contribution is 2.40. The highest BCUT2D eigenvalue weighted by Gasteiger charge is 2.38. The van der Waals surface area contributed by atoms with Gasteiger partial charge in [0, 0.05) is 13.0 Å². The van der Waals surface area contributed by atoms with Crippen molar-refractivity contribution < 1.29 is 19.4 Å². The van der Waals surface area contributed by atoms with Crippen LogP contribution in [0, 0.1) is 11.8 Å². The van der Waals surface area contributed by atoms with Gasteiger partial charge in [-0.2, -0.15) is 0 Å². The summed E-state index contributed by atoms with van der Waals surface area (Å²) in [5, 5.41) is 11.2. The molecule has 1 amide bonds. The van der Waals surface area contributed by atoms with E-state index in [1.807, 2.05) is 0 Å². The van der Waals surface area contributed by atoms with Crippen LogP contribution in [0.4, 0.5) is 4.79 Å². The van der Waals surface area contributed by atoms with Crippen molar-refractivity contribution in [3.8, 4) is 0 Å². The second kappa shape index (κ2) is 4.72. The lowest BCUT2D eigenvalue weighted by molar-refractivity contribution is -0.137. The molecule has 0 heterocycles. The molecule has 0 radical (unpaired) electrons. The fraction of sp³-hybridized carbons (Fsp3) is 0.818. The summed E-state index contributed by atoms with van der Waals surface area (Å²) in [5.74, 6) is -0.263. The first-order valence-electron chi connectivity index (χ1n) is 5.46. The van der Waals surface area contributed by atoms with Gasteiger partial charge in [0.05, 0.1) is 0 Å². The molecule has 0 saturated heterocycles. The van der Waals surface area contributed by atoms with Crippen molar-refractivity contribution in [2.75, 3.05) is 6.54 Å². The number of carbonyl (C=O) groups is 2. The van der Waals surface area contributed by atoms with Crippen molar-refractivity contribution in [3.05, 3.63) is 0 Å². The Morgan fingerprint density at radius 3 is 2.50 bits per heavy atom. The molecule has 0 aromatic heterocycles. The molecule has 5 heteroatoms. The molecule has 0 bridgehead atoms. The molecule has 0 aromatic carbocycles. The van der Waals surface area contributed by atoms with E-state index >= 15 is 0 Å². The van der Waals surface area contributed by atoms with Crippen LogP contribution in [0.1, 0.15) is 33.6 Å². The number of hydrogen-bond donors (Lipinski definition) is 2. The maximum absolute atomic E-state index is 11.3. The summed E-state index contributed by atoms with van der Waals surface area (Å²) in [6.07, 6.45) is 0.636. The highest BCUT2D eigenvalue weighted by molar-refractivity contribution is 5.68. The van der Waals surface area contributed by atoms with Gasteiger partial charge in [-0.1, -0.05) is 0 Å². The Bertz CT molecular complexity index is 282. The van der Waals surface area contributed by atoms with Gasteiger partial charge in [0.2, 0.25) is 0 Å². The SMILES string of the molecule is CC(C)(C)OC(=O)NC[C@@H]1C[C@@H]1CC(=O)O. The monoisotopic (exact) mass is 229 g/mol. The third kappa shape index (κ3) is 5.00. The largest absolute Gasteiger partial charge is 0.481 e. The minimum absolute atomic E-state index is 0.195. The molecule has 1 fully saturated rings. The first kappa shape index (κ1) is 12.8. The summed E-state index contributed by atoms with van der Waals surface area (Å²) in [4.78, 5) is 21.7. The molecule has 92 valence electrons. The predicted molar refractivity (Wildman–Crippen MR) is 58.1 cm³/mol. The topological polar surface area (TPSA) is 75.6 Å². The number of carboxylic acid groups (broad SMARTS) is 1. The molecular formula is C11H19NO4. The Morgan fingerprint density at radius 2 is 2.00 bits per heavy atom. The molecule has 2 atom stereocenters. The third-order valence-corrected chi connectivity index (χ3v) is 2.41. The molecule has 1 rings (SSSR count). The second-order valence-corrected chi connectivity index (χ2v) is 5.24. The number of alkyl carbamates (subject to hydrolysis) is 1. The van der Waals surface area contributed by atoms with Crippen molar-refractivity contribution in [3.63, 3.8) is 0 Å². The van der Waals surface area contributed by atoms with Crippen LogP contribution in [0.2, 0.25) is 0 Å². The maximum atomic E-state index is 11.3. The van der Waals surface area contributed by atoms with Crippen LogP contribution < -0.4 is 5.32 Å². The summed E-state index contributed by atoms with van der Waals surface area (Å²) in [6, 6.07) is 0. The summed E-state index contributed by atoms with van der Waals surface area (Å²) in [5.41, 5.74) is -0.492. The van der Waals surface area contributed by atoms with E-state index in [2.05, 4.69) is 5.32 Å². The number of carbonyl (C=O) groups excluding carboxylic acids is 1. The molecule has 1 aliphatic carbocycles. The lowest BCUT2D eigenvalue weighted by Crippen LogP contribution is -2.33. The maximum Gasteiger partial charge on any atom is 0.407 e. The zero-order valence-electron chi connectivity index (χ0n) is 9.95.